The summed E-state index contributed by atoms with van der Waals surface area (Å²) in [5, 5.41) is 4.25. The van der Waals surface area contributed by atoms with Crippen molar-refractivity contribution in [3.63, 3.8) is 0 Å². The number of hydrogen-bond donors (Lipinski definition) is 0. The number of nitrogens with zero attached hydrogens (tertiary/aromatic N) is 4. The maximum atomic E-state index is 12.7. The van der Waals surface area contributed by atoms with Crippen molar-refractivity contribution in [2.45, 2.75) is 44.3 Å². The molecule has 2 fully saturated rings. The molecule has 0 aromatic carbocycles. The molecule has 1 aromatic heterocycles. The van der Waals surface area contributed by atoms with E-state index in [0.29, 0.717) is 11.9 Å². The molecule has 19 heavy (non-hydrogen) atoms. The van der Waals surface area contributed by atoms with Gasteiger partial charge in [-0.1, -0.05) is 0 Å². The van der Waals surface area contributed by atoms with Gasteiger partial charge in [0.15, 0.2) is 0 Å². The number of likely N-dealkylation sites (N-methyl/N-ethyl adjacent to an activating group) is 1. The second-order valence-corrected chi connectivity index (χ2v) is 5.69. The lowest BCUT2D eigenvalue weighted by atomic mass is 10.1. The predicted octanol–water partition coefficient (Wildman–Crippen LogP) is 0.968. The number of aromatic nitrogens is 2. The van der Waals surface area contributed by atoms with Crippen LogP contribution in [0.5, 0.6) is 0 Å². The first-order valence-electron chi connectivity index (χ1n) is 7.24. The van der Waals surface area contributed by atoms with Gasteiger partial charge in [0.1, 0.15) is 0 Å². The Labute approximate surface area is 114 Å². The van der Waals surface area contributed by atoms with Gasteiger partial charge < -0.3 is 4.90 Å². The molecule has 5 heteroatoms. The van der Waals surface area contributed by atoms with E-state index in [9.17, 15) is 4.79 Å². The number of rotatable bonds is 3. The fourth-order valence-corrected chi connectivity index (χ4v) is 3.35. The van der Waals surface area contributed by atoms with Crippen LogP contribution in [0.2, 0.25) is 0 Å². The van der Waals surface area contributed by atoms with E-state index in [2.05, 4.69) is 21.9 Å². The number of hydrogen-bond acceptors (Lipinski definition) is 3. The average molecular weight is 262 g/mol. The normalized spacial score (nSPS) is 28.2. The molecule has 2 aliphatic rings. The molecule has 1 amide bonds. The molecule has 2 unspecified atom stereocenters. The minimum Gasteiger partial charge on any atom is -0.336 e. The molecule has 5 nitrogen and oxygen atoms in total. The highest BCUT2D eigenvalue weighted by molar-refractivity contribution is 5.82. The zero-order valence-corrected chi connectivity index (χ0v) is 11.5. The van der Waals surface area contributed by atoms with Crippen molar-refractivity contribution in [3.05, 3.63) is 18.5 Å². The molecule has 3 heterocycles. The van der Waals surface area contributed by atoms with Gasteiger partial charge >= 0.3 is 0 Å². The molecule has 0 bridgehead atoms. The average Bonchev–Trinajstić information content (AvgIpc) is 3.10. The van der Waals surface area contributed by atoms with Crippen LogP contribution >= 0.6 is 0 Å². The number of carbonyl (C=O) groups is 1. The number of likely N-dealkylation sites (tertiary alicyclic amines) is 2. The maximum Gasteiger partial charge on any atom is 0.240 e. The summed E-state index contributed by atoms with van der Waals surface area (Å²) in [4.78, 5) is 16.9. The van der Waals surface area contributed by atoms with E-state index in [1.807, 2.05) is 16.9 Å². The van der Waals surface area contributed by atoms with Crippen molar-refractivity contribution in [3.8, 4) is 0 Å². The Bertz CT molecular complexity index is 431. The minimum absolute atomic E-state index is 0.109. The first kappa shape index (κ1) is 12.7. The van der Waals surface area contributed by atoms with Crippen LogP contribution in [0.15, 0.2) is 18.5 Å². The summed E-state index contributed by atoms with van der Waals surface area (Å²) < 4.78 is 1.94. The molecule has 3 rings (SSSR count). The van der Waals surface area contributed by atoms with Crippen LogP contribution in [0.3, 0.4) is 0 Å². The molecule has 0 spiro atoms. The van der Waals surface area contributed by atoms with Crippen molar-refractivity contribution in [2.24, 2.45) is 0 Å². The molecule has 0 radical (unpaired) electrons. The first-order chi connectivity index (χ1) is 9.25. The van der Waals surface area contributed by atoms with E-state index in [1.165, 1.54) is 0 Å². The molecular formula is C14H22N4O. The molecule has 0 aliphatic carbocycles. The van der Waals surface area contributed by atoms with Gasteiger partial charge in [0.2, 0.25) is 5.91 Å². The minimum atomic E-state index is 0.109. The summed E-state index contributed by atoms with van der Waals surface area (Å²) in [6, 6.07) is 2.37. The largest absolute Gasteiger partial charge is 0.336 e. The van der Waals surface area contributed by atoms with E-state index in [1.54, 1.807) is 6.20 Å². The Morgan fingerprint density at radius 1 is 1.32 bits per heavy atom. The van der Waals surface area contributed by atoms with Crippen LogP contribution in [0, 0.1) is 0 Å². The fraction of sp³-hybridized carbons (Fsp3) is 0.714. The molecule has 104 valence electrons. The Morgan fingerprint density at radius 2 is 2.16 bits per heavy atom. The van der Waals surface area contributed by atoms with E-state index in [0.717, 1.165) is 45.3 Å². The van der Waals surface area contributed by atoms with Gasteiger partial charge in [0, 0.05) is 18.9 Å². The van der Waals surface area contributed by atoms with E-state index < -0.39 is 0 Å². The molecule has 1 aromatic rings. The number of carbonyl (C=O) groups excluding carboxylic acids is 1. The van der Waals surface area contributed by atoms with Crippen LogP contribution in [-0.4, -0.2) is 57.7 Å². The lowest BCUT2D eigenvalue weighted by molar-refractivity contribution is -0.136. The standard InChI is InChI=1S/C14H22N4O/c1-16-8-3-6-13(16)14(19)18-10-2-5-12(18)11-17-9-4-7-15-17/h4,7,9,12-13H,2-3,5-6,8,10-11H2,1H3. The van der Waals surface area contributed by atoms with Crippen LogP contribution in [0.4, 0.5) is 0 Å². The van der Waals surface area contributed by atoms with Crippen molar-refractivity contribution >= 4 is 5.91 Å². The SMILES string of the molecule is CN1CCCC1C(=O)N1CCCC1Cn1cccn1. The van der Waals surface area contributed by atoms with Gasteiger partial charge in [-0.2, -0.15) is 5.10 Å². The highest BCUT2D eigenvalue weighted by Gasteiger charge is 2.36. The Balaban J connectivity index is 1.67. The summed E-state index contributed by atoms with van der Waals surface area (Å²) >= 11 is 0. The summed E-state index contributed by atoms with van der Waals surface area (Å²) in [7, 11) is 2.06. The zero-order valence-electron chi connectivity index (χ0n) is 11.5. The second-order valence-electron chi connectivity index (χ2n) is 5.69. The van der Waals surface area contributed by atoms with Crippen LogP contribution < -0.4 is 0 Å². The Kier molecular flexibility index (Phi) is 3.55. The third-order valence-corrected chi connectivity index (χ3v) is 4.42. The number of amides is 1. The lowest BCUT2D eigenvalue weighted by Crippen LogP contribution is -2.47. The molecule has 2 saturated heterocycles. The van der Waals surface area contributed by atoms with Gasteiger partial charge in [-0.05, 0) is 45.3 Å². The van der Waals surface area contributed by atoms with E-state index in [4.69, 9.17) is 0 Å². The summed E-state index contributed by atoms with van der Waals surface area (Å²) in [5.74, 6) is 0.328. The molecule has 2 aliphatic heterocycles. The lowest BCUT2D eigenvalue weighted by Gasteiger charge is -2.29. The van der Waals surface area contributed by atoms with E-state index >= 15 is 0 Å². The van der Waals surface area contributed by atoms with Gasteiger partial charge in [0.25, 0.3) is 0 Å². The molecular weight excluding hydrogens is 240 g/mol. The van der Waals surface area contributed by atoms with Crippen LogP contribution in [-0.2, 0) is 11.3 Å². The molecule has 0 N–H and O–H groups in total. The molecule has 2 atom stereocenters. The topological polar surface area (TPSA) is 41.4 Å². The zero-order chi connectivity index (χ0) is 13.2. The van der Waals surface area contributed by atoms with Gasteiger partial charge in [-0.15, -0.1) is 0 Å². The second kappa shape index (κ2) is 5.33. The highest BCUT2D eigenvalue weighted by Crippen LogP contribution is 2.24. The summed E-state index contributed by atoms with van der Waals surface area (Å²) in [6.07, 6.45) is 8.15. The van der Waals surface area contributed by atoms with Gasteiger partial charge in [-0.3, -0.25) is 14.4 Å². The smallest absolute Gasteiger partial charge is 0.240 e. The summed E-state index contributed by atoms with van der Waals surface area (Å²) in [6.45, 7) is 2.79. The first-order valence-corrected chi connectivity index (χ1v) is 7.24. The Morgan fingerprint density at radius 3 is 2.84 bits per heavy atom. The van der Waals surface area contributed by atoms with Crippen LogP contribution in [0.25, 0.3) is 0 Å². The monoisotopic (exact) mass is 262 g/mol. The van der Waals surface area contributed by atoms with Gasteiger partial charge in [-0.25, -0.2) is 0 Å². The van der Waals surface area contributed by atoms with Crippen molar-refractivity contribution in [2.75, 3.05) is 20.1 Å². The molecule has 0 saturated carbocycles. The van der Waals surface area contributed by atoms with Gasteiger partial charge in [0.05, 0.1) is 18.6 Å². The third kappa shape index (κ3) is 2.52. The van der Waals surface area contributed by atoms with Crippen molar-refractivity contribution in [1.82, 2.24) is 19.6 Å². The Hall–Kier alpha value is -1.36. The van der Waals surface area contributed by atoms with Crippen LogP contribution in [0.1, 0.15) is 25.7 Å². The quantitative estimate of drug-likeness (QED) is 0.815. The van der Waals surface area contributed by atoms with E-state index in [-0.39, 0.29) is 6.04 Å². The maximum absolute atomic E-state index is 12.7. The van der Waals surface area contributed by atoms with Crippen molar-refractivity contribution in [1.29, 1.82) is 0 Å². The predicted molar refractivity (Wildman–Crippen MR) is 72.6 cm³/mol. The third-order valence-electron chi connectivity index (χ3n) is 4.42. The highest BCUT2D eigenvalue weighted by atomic mass is 16.2. The summed E-state index contributed by atoms with van der Waals surface area (Å²) in [5.41, 5.74) is 0. The fourth-order valence-electron chi connectivity index (χ4n) is 3.35. The van der Waals surface area contributed by atoms with Crippen molar-refractivity contribution < 1.29 is 4.79 Å².